The molecule has 0 unspecified atom stereocenters. The average molecular weight is 273 g/mol. The zero-order valence-corrected chi connectivity index (χ0v) is 11.7. The number of fused-ring (bicyclic) bond motifs is 1. The van der Waals surface area contributed by atoms with Crippen molar-refractivity contribution >= 4 is 10.9 Å². The Bertz CT molecular complexity index is 645. The summed E-state index contributed by atoms with van der Waals surface area (Å²) in [6.45, 7) is 5.88. The van der Waals surface area contributed by atoms with Crippen LogP contribution in [-0.4, -0.2) is 64.1 Å². The van der Waals surface area contributed by atoms with Gasteiger partial charge in [-0.1, -0.05) is 0 Å². The lowest BCUT2D eigenvalue weighted by Gasteiger charge is -2.32. The summed E-state index contributed by atoms with van der Waals surface area (Å²) < 4.78 is 1.68. The van der Waals surface area contributed by atoms with Gasteiger partial charge in [0.25, 0.3) is 5.56 Å². The molecule has 0 bridgehead atoms. The molecule has 0 aromatic carbocycles. The van der Waals surface area contributed by atoms with Crippen molar-refractivity contribution in [3.8, 4) is 0 Å². The third kappa shape index (κ3) is 2.71. The fraction of sp³-hybridized carbons (Fsp3) is 0.500. The van der Waals surface area contributed by atoms with Crippen LogP contribution in [0, 0.1) is 0 Å². The molecule has 2 aromatic rings. The molecule has 2 aromatic heterocycles. The van der Waals surface area contributed by atoms with Gasteiger partial charge in [-0.25, -0.2) is 4.98 Å². The molecule has 1 aliphatic heterocycles. The second-order valence-electron chi connectivity index (χ2n) is 5.28. The molecule has 106 valence electrons. The van der Waals surface area contributed by atoms with Gasteiger partial charge in [-0.3, -0.25) is 19.2 Å². The molecule has 0 radical (unpaired) electrons. The van der Waals surface area contributed by atoms with Crippen LogP contribution in [0.5, 0.6) is 0 Å². The predicted octanol–water partition coefficient (Wildman–Crippen LogP) is 0.0389. The summed E-state index contributed by atoms with van der Waals surface area (Å²) in [5.74, 6) is 0. The van der Waals surface area contributed by atoms with E-state index in [0.717, 1.165) is 32.7 Å². The first-order valence-corrected chi connectivity index (χ1v) is 6.94. The van der Waals surface area contributed by atoms with Gasteiger partial charge in [0.1, 0.15) is 0 Å². The fourth-order valence-electron chi connectivity index (χ4n) is 2.48. The van der Waals surface area contributed by atoms with Crippen molar-refractivity contribution in [3.05, 3.63) is 35.1 Å². The minimum atomic E-state index is -0.00257. The number of nitrogens with zero attached hydrogens (tertiary/aromatic N) is 5. The van der Waals surface area contributed by atoms with Gasteiger partial charge in [0.15, 0.2) is 0 Å². The summed E-state index contributed by atoms with van der Waals surface area (Å²) >= 11 is 0. The molecule has 0 N–H and O–H groups in total. The van der Waals surface area contributed by atoms with E-state index < -0.39 is 0 Å². The number of piperazine rings is 1. The summed E-state index contributed by atoms with van der Waals surface area (Å²) in [7, 11) is 2.14. The van der Waals surface area contributed by atoms with E-state index in [2.05, 4.69) is 26.8 Å². The van der Waals surface area contributed by atoms with Crippen LogP contribution in [0.15, 0.2) is 29.6 Å². The van der Waals surface area contributed by atoms with Crippen molar-refractivity contribution < 1.29 is 0 Å². The average Bonchev–Trinajstić information content (AvgIpc) is 2.49. The maximum atomic E-state index is 12.3. The SMILES string of the molecule is CN1CCN(CCn2cnc3ccncc3c2=O)CC1. The Hall–Kier alpha value is -1.79. The van der Waals surface area contributed by atoms with E-state index in [1.165, 1.54) is 0 Å². The van der Waals surface area contributed by atoms with Crippen LogP contribution in [0.1, 0.15) is 0 Å². The first-order chi connectivity index (χ1) is 9.74. The predicted molar refractivity (Wildman–Crippen MR) is 77.7 cm³/mol. The van der Waals surface area contributed by atoms with Crippen molar-refractivity contribution in [2.24, 2.45) is 0 Å². The Morgan fingerprint density at radius 2 is 2.00 bits per heavy atom. The molecular formula is C14H19N5O. The van der Waals surface area contributed by atoms with Crippen LogP contribution in [0.2, 0.25) is 0 Å². The minimum Gasteiger partial charge on any atom is -0.304 e. The van der Waals surface area contributed by atoms with Crippen LogP contribution < -0.4 is 5.56 Å². The quantitative estimate of drug-likeness (QED) is 0.790. The molecule has 0 aliphatic carbocycles. The minimum absolute atomic E-state index is 0.00257. The smallest absolute Gasteiger partial charge is 0.262 e. The van der Waals surface area contributed by atoms with Gasteiger partial charge in [0.05, 0.1) is 17.2 Å². The number of likely N-dealkylation sites (N-methyl/N-ethyl adjacent to an activating group) is 1. The number of rotatable bonds is 3. The molecule has 6 nitrogen and oxygen atoms in total. The van der Waals surface area contributed by atoms with Gasteiger partial charge in [-0.2, -0.15) is 0 Å². The lowest BCUT2D eigenvalue weighted by Crippen LogP contribution is -2.45. The molecule has 0 atom stereocenters. The lowest BCUT2D eigenvalue weighted by molar-refractivity contribution is 0.149. The Kier molecular flexibility index (Phi) is 3.75. The number of aromatic nitrogens is 3. The van der Waals surface area contributed by atoms with E-state index in [0.29, 0.717) is 17.4 Å². The van der Waals surface area contributed by atoms with E-state index in [1.807, 2.05) is 0 Å². The van der Waals surface area contributed by atoms with Crippen molar-refractivity contribution in [1.82, 2.24) is 24.3 Å². The van der Waals surface area contributed by atoms with Crippen LogP contribution in [0.3, 0.4) is 0 Å². The molecule has 3 rings (SSSR count). The summed E-state index contributed by atoms with van der Waals surface area (Å²) in [4.78, 5) is 25.3. The number of hydrogen-bond donors (Lipinski definition) is 0. The monoisotopic (exact) mass is 273 g/mol. The van der Waals surface area contributed by atoms with Gasteiger partial charge in [0.2, 0.25) is 0 Å². The summed E-state index contributed by atoms with van der Waals surface area (Å²) in [5.41, 5.74) is 0.707. The first-order valence-electron chi connectivity index (χ1n) is 6.94. The van der Waals surface area contributed by atoms with Crippen LogP contribution in [-0.2, 0) is 6.54 Å². The Balaban J connectivity index is 1.72. The standard InChI is InChI=1S/C14H19N5O/c1-17-4-6-18(7-5-17)8-9-19-11-16-13-2-3-15-10-12(13)14(19)20/h2-3,10-11H,4-9H2,1H3. The highest BCUT2D eigenvalue weighted by Gasteiger charge is 2.13. The van der Waals surface area contributed by atoms with Crippen molar-refractivity contribution in [1.29, 1.82) is 0 Å². The molecule has 6 heteroatoms. The normalized spacial score (nSPS) is 17.6. The summed E-state index contributed by atoms with van der Waals surface area (Å²) in [6.07, 6.45) is 4.89. The summed E-state index contributed by atoms with van der Waals surface area (Å²) in [6, 6.07) is 1.77. The molecular weight excluding hydrogens is 254 g/mol. The Labute approximate surface area is 117 Å². The van der Waals surface area contributed by atoms with Crippen molar-refractivity contribution in [2.75, 3.05) is 39.8 Å². The molecule has 1 saturated heterocycles. The van der Waals surface area contributed by atoms with Crippen LogP contribution in [0.25, 0.3) is 10.9 Å². The third-order valence-corrected chi connectivity index (χ3v) is 3.88. The summed E-state index contributed by atoms with van der Waals surface area (Å²) in [5, 5.41) is 0.591. The van der Waals surface area contributed by atoms with Gasteiger partial charge >= 0.3 is 0 Å². The maximum absolute atomic E-state index is 12.3. The van der Waals surface area contributed by atoms with Gasteiger partial charge in [0, 0.05) is 51.7 Å². The molecule has 20 heavy (non-hydrogen) atoms. The Morgan fingerprint density at radius 1 is 1.20 bits per heavy atom. The first kappa shape index (κ1) is 13.2. The van der Waals surface area contributed by atoms with Gasteiger partial charge in [-0.05, 0) is 13.1 Å². The number of hydrogen-bond acceptors (Lipinski definition) is 5. The molecule has 1 aliphatic rings. The molecule has 0 spiro atoms. The molecule has 3 heterocycles. The third-order valence-electron chi connectivity index (χ3n) is 3.88. The fourth-order valence-corrected chi connectivity index (χ4v) is 2.48. The van der Waals surface area contributed by atoms with Crippen molar-refractivity contribution in [2.45, 2.75) is 6.54 Å². The van der Waals surface area contributed by atoms with Crippen LogP contribution in [0.4, 0.5) is 0 Å². The highest BCUT2D eigenvalue weighted by atomic mass is 16.1. The molecule has 0 saturated carbocycles. The zero-order valence-electron chi connectivity index (χ0n) is 11.7. The van der Waals surface area contributed by atoms with Gasteiger partial charge < -0.3 is 4.90 Å². The van der Waals surface area contributed by atoms with Gasteiger partial charge in [-0.15, -0.1) is 0 Å². The maximum Gasteiger partial charge on any atom is 0.262 e. The number of pyridine rings is 1. The zero-order chi connectivity index (χ0) is 13.9. The molecule has 1 fully saturated rings. The van der Waals surface area contributed by atoms with E-state index in [1.54, 1.807) is 29.4 Å². The molecule has 0 amide bonds. The van der Waals surface area contributed by atoms with E-state index in [9.17, 15) is 4.79 Å². The van der Waals surface area contributed by atoms with E-state index in [4.69, 9.17) is 0 Å². The lowest BCUT2D eigenvalue weighted by atomic mass is 10.3. The highest BCUT2D eigenvalue weighted by Crippen LogP contribution is 2.03. The van der Waals surface area contributed by atoms with Crippen molar-refractivity contribution in [3.63, 3.8) is 0 Å². The Morgan fingerprint density at radius 3 is 2.80 bits per heavy atom. The largest absolute Gasteiger partial charge is 0.304 e. The topological polar surface area (TPSA) is 54.3 Å². The van der Waals surface area contributed by atoms with E-state index >= 15 is 0 Å². The van der Waals surface area contributed by atoms with Crippen LogP contribution >= 0.6 is 0 Å². The second kappa shape index (κ2) is 5.68. The van der Waals surface area contributed by atoms with E-state index in [-0.39, 0.29) is 5.56 Å². The highest BCUT2D eigenvalue weighted by molar-refractivity contribution is 5.75. The second-order valence-corrected chi connectivity index (χ2v) is 5.28.